The molecule has 1 N–H and O–H groups in total. The highest BCUT2D eigenvalue weighted by atomic mass is 32.1. The first-order valence-corrected chi connectivity index (χ1v) is 6.91. The summed E-state index contributed by atoms with van der Waals surface area (Å²) in [7, 11) is 0. The van der Waals surface area contributed by atoms with E-state index < -0.39 is 6.10 Å². The normalized spacial score (nSPS) is 26.5. The standard InChI is InChI=1S/C14H16O2S/c1-9-10(6-7-16-9)14(15)12-8-17-13-5-3-2-4-11(12)13/h2-5,8-10,14-15H,6-7H2,1H3. The van der Waals surface area contributed by atoms with Crippen LogP contribution in [-0.2, 0) is 4.74 Å². The predicted molar refractivity (Wildman–Crippen MR) is 70.3 cm³/mol. The highest BCUT2D eigenvalue weighted by Crippen LogP contribution is 2.38. The summed E-state index contributed by atoms with van der Waals surface area (Å²) in [6, 6.07) is 8.26. The van der Waals surface area contributed by atoms with Crippen LogP contribution in [0.3, 0.4) is 0 Å². The average Bonchev–Trinajstić information content (AvgIpc) is 2.94. The Balaban J connectivity index is 1.98. The molecule has 3 heteroatoms. The molecule has 1 saturated heterocycles. The Morgan fingerprint density at radius 3 is 3.00 bits per heavy atom. The number of hydrogen-bond donors (Lipinski definition) is 1. The molecule has 2 nitrogen and oxygen atoms in total. The molecular formula is C14H16O2S. The minimum absolute atomic E-state index is 0.156. The summed E-state index contributed by atoms with van der Waals surface area (Å²) in [5, 5.41) is 13.8. The third kappa shape index (κ3) is 1.88. The fourth-order valence-corrected chi connectivity index (χ4v) is 3.61. The summed E-state index contributed by atoms with van der Waals surface area (Å²) in [6.07, 6.45) is 0.708. The van der Waals surface area contributed by atoms with Gasteiger partial charge in [-0.1, -0.05) is 18.2 Å². The van der Waals surface area contributed by atoms with Crippen LogP contribution < -0.4 is 0 Å². The molecule has 1 aromatic heterocycles. The van der Waals surface area contributed by atoms with Crippen molar-refractivity contribution in [3.05, 3.63) is 35.2 Å². The quantitative estimate of drug-likeness (QED) is 0.883. The Labute approximate surface area is 105 Å². The van der Waals surface area contributed by atoms with Crippen LogP contribution in [-0.4, -0.2) is 17.8 Å². The Hall–Kier alpha value is -0.900. The molecule has 3 atom stereocenters. The number of thiophene rings is 1. The van der Waals surface area contributed by atoms with Gasteiger partial charge in [-0.3, -0.25) is 0 Å². The van der Waals surface area contributed by atoms with Crippen molar-refractivity contribution in [3.63, 3.8) is 0 Å². The molecular weight excluding hydrogens is 232 g/mol. The predicted octanol–water partition coefficient (Wildman–Crippen LogP) is 3.36. The SMILES string of the molecule is CC1OCCC1C(O)c1csc2ccccc12. The van der Waals surface area contributed by atoms with E-state index in [4.69, 9.17) is 4.74 Å². The van der Waals surface area contributed by atoms with E-state index in [1.165, 1.54) is 10.1 Å². The van der Waals surface area contributed by atoms with Crippen LogP contribution in [0.1, 0.15) is 25.0 Å². The van der Waals surface area contributed by atoms with E-state index in [-0.39, 0.29) is 12.0 Å². The summed E-state index contributed by atoms with van der Waals surface area (Å²) in [6.45, 7) is 2.82. The molecule has 0 aliphatic carbocycles. The first-order chi connectivity index (χ1) is 8.27. The molecule has 2 heterocycles. The minimum atomic E-state index is -0.399. The molecule has 0 radical (unpaired) electrons. The number of hydrogen-bond acceptors (Lipinski definition) is 3. The summed E-state index contributed by atoms with van der Waals surface area (Å²) >= 11 is 1.70. The van der Waals surface area contributed by atoms with Crippen molar-refractivity contribution in [2.45, 2.75) is 25.6 Å². The Morgan fingerprint density at radius 2 is 2.24 bits per heavy atom. The van der Waals surface area contributed by atoms with Crippen LogP contribution >= 0.6 is 11.3 Å². The fourth-order valence-electron chi connectivity index (χ4n) is 2.62. The molecule has 1 aromatic carbocycles. The molecule has 3 unspecified atom stereocenters. The van der Waals surface area contributed by atoms with Crippen molar-refractivity contribution >= 4 is 21.4 Å². The monoisotopic (exact) mass is 248 g/mol. The molecule has 90 valence electrons. The van der Waals surface area contributed by atoms with Gasteiger partial charge in [0, 0.05) is 17.2 Å². The van der Waals surface area contributed by atoms with Crippen molar-refractivity contribution in [3.8, 4) is 0 Å². The van der Waals surface area contributed by atoms with Gasteiger partial charge in [0.25, 0.3) is 0 Å². The Kier molecular flexibility index (Phi) is 2.90. The topological polar surface area (TPSA) is 29.5 Å². The second-order valence-corrected chi connectivity index (χ2v) is 5.57. The van der Waals surface area contributed by atoms with E-state index in [0.29, 0.717) is 0 Å². The lowest BCUT2D eigenvalue weighted by Crippen LogP contribution is -2.19. The van der Waals surface area contributed by atoms with Gasteiger partial charge in [0.1, 0.15) is 0 Å². The smallest absolute Gasteiger partial charge is 0.0857 e. The molecule has 17 heavy (non-hydrogen) atoms. The molecule has 1 aliphatic rings. The highest BCUT2D eigenvalue weighted by molar-refractivity contribution is 7.17. The third-order valence-corrected chi connectivity index (χ3v) is 4.65. The summed E-state index contributed by atoms with van der Waals surface area (Å²) < 4.78 is 6.78. The number of fused-ring (bicyclic) bond motifs is 1. The number of aliphatic hydroxyl groups is 1. The average molecular weight is 248 g/mol. The van der Waals surface area contributed by atoms with Crippen LogP contribution in [0.15, 0.2) is 29.6 Å². The zero-order valence-electron chi connectivity index (χ0n) is 9.80. The molecule has 0 saturated carbocycles. The maximum Gasteiger partial charge on any atom is 0.0857 e. The van der Waals surface area contributed by atoms with Crippen LogP contribution in [0, 0.1) is 5.92 Å². The number of rotatable bonds is 2. The van der Waals surface area contributed by atoms with Crippen molar-refractivity contribution in [2.75, 3.05) is 6.61 Å². The molecule has 3 rings (SSSR count). The highest BCUT2D eigenvalue weighted by Gasteiger charge is 2.32. The van der Waals surface area contributed by atoms with Gasteiger partial charge in [0.2, 0.25) is 0 Å². The largest absolute Gasteiger partial charge is 0.388 e. The number of ether oxygens (including phenoxy) is 1. The minimum Gasteiger partial charge on any atom is -0.388 e. The number of aliphatic hydroxyl groups excluding tert-OH is 1. The summed E-state index contributed by atoms with van der Waals surface area (Å²) in [4.78, 5) is 0. The molecule has 0 spiro atoms. The van der Waals surface area contributed by atoms with Gasteiger partial charge < -0.3 is 9.84 Å². The van der Waals surface area contributed by atoms with Gasteiger partial charge in [0.15, 0.2) is 0 Å². The lowest BCUT2D eigenvalue weighted by Gasteiger charge is -2.20. The Morgan fingerprint density at radius 1 is 1.41 bits per heavy atom. The van der Waals surface area contributed by atoms with Crippen LogP contribution in [0.5, 0.6) is 0 Å². The van der Waals surface area contributed by atoms with E-state index in [2.05, 4.69) is 24.4 Å². The third-order valence-electron chi connectivity index (χ3n) is 3.67. The van der Waals surface area contributed by atoms with Crippen LogP contribution in [0.4, 0.5) is 0 Å². The number of benzene rings is 1. The van der Waals surface area contributed by atoms with Gasteiger partial charge in [-0.2, -0.15) is 0 Å². The maximum atomic E-state index is 10.5. The zero-order valence-corrected chi connectivity index (χ0v) is 10.6. The second-order valence-electron chi connectivity index (χ2n) is 4.66. The van der Waals surface area contributed by atoms with E-state index in [0.717, 1.165) is 18.6 Å². The molecule has 1 fully saturated rings. The van der Waals surface area contributed by atoms with Crippen molar-refractivity contribution in [1.29, 1.82) is 0 Å². The van der Waals surface area contributed by atoms with Gasteiger partial charge in [-0.25, -0.2) is 0 Å². The van der Waals surface area contributed by atoms with E-state index in [1.54, 1.807) is 11.3 Å². The molecule has 0 bridgehead atoms. The van der Waals surface area contributed by atoms with E-state index in [1.807, 2.05) is 12.1 Å². The first-order valence-electron chi connectivity index (χ1n) is 6.03. The summed E-state index contributed by atoms with van der Waals surface area (Å²) in [5.41, 5.74) is 1.06. The van der Waals surface area contributed by atoms with Gasteiger partial charge in [-0.05, 0) is 35.7 Å². The van der Waals surface area contributed by atoms with Gasteiger partial charge in [-0.15, -0.1) is 11.3 Å². The maximum absolute atomic E-state index is 10.5. The second kappa shape index (κ2) is 4.41. The van der Waals surface area contributed by atoms with Crippen LogP contribution in [0.25, 0.3) is 10.1 Å². The van der Waals surface area contributed by atoms with Crippen molar-refractivity contribution in [2.24, 2.45) is 5.92 Å². The van der Waals surface area contributed by atoms with Crippen LogP contribution in [0.2, 0.25) is 0 Å². The molecule has 0 amide bonds. The van der Waals surface area contributed by atoms with Crippen molar-refractivity contribution in [1.82, 2.24) is 0 Å². The fraction of sp³-hybridized carbons (Fsp3) is 0.429. The zero-order chi connectivity index (χ0) is 11.8. The van der Waals surface area contributed by atoms with E-state index >= 15 is 0 Å². The van der Waals surface area contributed by atoms with Gasteiger partial charge >= 0.3 is 0 Å². The summed E-state index contributed by atoms with van der Waals surface area (Å²) in [5.74, 6) is 0.230. The van der Waals surface area contributed by atoms with E-state index in [9.17, 15) is 5.11 Å². The van der Waals surface area contributed by atoms with Crippen molar-refractivity contribution < 1.29 is 9.84 Å². The molecule has 2 aromatic rings. The lowest BCUT2D eigenvalue weighted by molar-refractivity contribution is 0.0440. The molecule has 1 aliphatic heterocycles. The first kappa shape index (κ1) is 11.2. The van der Waals surface area contributed by atoms with Gasteiger partial charge in [0.05, 0.1) is 12.2 Å². The Bertz CT molecular complexity index is 520. The lowest BCUT2D eigenvalue weighted by atomic mass is 9.90.